The zero-order valence-corrected chi connectivity index (χ0v) is 14.1. The van der Waals surface area contributed by atoms with Crippen LogP contribution in [0, 0.1) is 0 Å². The van der Waals surface area contributed by atoms with Crippen LogP contribution in [0.1, 0.15) is 51.3 Å². The van der Waals surface area contributed by atoms with Crippen LogP contribution in [0.3, 0.4) is 0 Å². The summed E-state index contributed by atoms with van der Waals surface area (Å²) in [5, 5.41) is 5.47. The van der Waals surface area contributed by atoms with Crippen LogP contribution in [0.2, 0.25) is 0 Å². The van der Waals surface area contributed by atoms with Gasteiger partial charge in [0, 0.05) is 5.70 Å². The third-order valence-electron chi connectivity index (χ3n) is 4.09. The number of nitrogens with one attached hydrogen (secondary N) is 2. The number of carbonyl (C=O) groups is 2. The first-order valence-electron chi connectivity index (χ1n) is 8.04. The molecule has 23 heavy (non-hydrogen) atoms. The van der Waals surface area contributed by atoms with Crippen LogP contribution in [0.4, 0.5) is 4.79 Å². The van der Waals surface area contributed by atoms with Crippen LogP contribution in [0.15, 0.2) is 35.5 Å². The van der Waals surface area contributed by atoms with Crippen molar-refractivity contribution in [2.45, 2.75) is 52.7 Å². The number of aryl methyl sites for hydroxylation is 1. The molecule has 0 aliphatic carbocycles. The molecule has 0 unspecified atom stereocenters. The summed E-state index contributed by atoms with van der Waals surface area (Å²) < 4.78 is 5.45. The first-order chi connectivity index (χ1) is 11.0. The van der Waals surface area contributed by atoms with Gasteiger partial charge >= 0.3 is 12.0 Å². The van der Waals surface area contributed by atoms with Crippen molar-refractivity contribution in [3.8, 4) is 0 Å². The third kappa shape index (κ3) is 3.92. The van der Waals surface area contributed by atoms with Gasteiger partial charge in [0.15, 0.2) is 0 Å². The van der Waals surface area contributed by atoms with Gasteiger partial charge in [-0.15, -0.1) is 0 Å². The fourth-order valence-electron chi connectivity index (χ4n) is 2.49. The Morgan fingerprint density at radius 3 is 2.48 bits per heavy atom. The van der Waals surface area contributed by atoms with Crippen molar-refractivity contribution < 1.29 is 14.3 Å². The maximum Gasteiger partial charge on any atom is 0.338 e. The number of allylic oxidation sites excluding steroid dienone is 1. The molecule has 0 aromatic heterocycles. The van der Waals surface area contributed by atoms with Gasteiger partial charge in [-0.2, -0.15) is 0 Å². The lowest BCUT2D eigenvalue weighted by molar-refractivity contribution is -0.144. The van der Waals surface area contributed by atoms with E-state index in [9.17, 15) is 9.59 Å². The average Bonchev–Trinajstić information content (AvgIpc) is 2.53. The Morgan fingerprint density at radius 2 is 1.91 bits per heavy atom. The van der Waals surface area contributed by atoms with Crippen molar-refractivity contribution in [1.29, 1.82) is 0 Å². The molecule has 1 aliphatic rings. The Labute approximate surface area is 137 Å². The van der Waals surface area contributed by atoms with Gasteiger partial charge in [-0.25, -0.2) is 9.59 Å². The van der Waals surface area contributed by atoms with E-state index < -0.39 is 12.0 Å². The number of amides is 2. The van der Waals surface area contributed by atoms with E-state index in [1.807, 2.05) is 38.1 Å². The van der Waals surface area contributed by atoms with Crippen LogP contribution in [0.5, 0.6) is 0 Å². The van der Waals surface area contributed by atoms with Crippen LogP contribution in [-0.2, 0) is 16.0 Å². The van der Waals surface area contributed by atoms with Gasteiger partial charge in [0.1, 0.15) is 0 Å². The maximum absolute atomic E-state index is 12.5. The standard InChI is InChI=1S/C18H24N2O3/c1-5-11(3)23-17(21)15-12(4)19-18(22)20-16(15)14-9-7-13(6-2)8-10-14/h7-11,16H,5-6H2,1-4H3,(H2,19,20,22)/t11-,16-/m1/s1. The summed E-state index contributed by atoms with van der Waals surface area (Å²) in [6.45, 7) is 7.62. The second-order valence-electron chi connectivity index (χ2n) is 5.79. The first-order valence-corrected chi connectivity index (χ1v) is 8.04. The van der Waals surface area contributed by atoms with Crippen molar-refractivity contribution in [3.63, 3.8) is 0 Å². The molecule has 5 heteroatoms. The second-order valence-corrected chi connectivity index (χ2v) is 5.79. The van der Waals surface area contributed by atoms with Crippen molar-refractivity contribution >= 4 is 12.0 Å². The van der Waals surface area contributed by atoms with E-state index in [-0.39, 0.29) is 12.1 Å². The molecule has 1 heterocycles. The predicted octanol–water partition coefficient (Wildman–Crippen LogP) is 3.22. The number of urea groups is 1. The van der Waals surface area contributed by atoms with Crippen molar-refractivity contribution in [3.05, 3.63) is 46.7 Å². The zero-order valence-electron chi connectivity index (χ0n) is 14.1. The van der Waals surface area contributed by atoms with Gasteiger partial charge < -0.3 is 15.4 Å². The van der Waals surface area contributed by atoms with E-state index in [4.69, 9.17) is 4.74 Å². The topological polar surface area (TPSA) is 67.4 Å². The normalized spacial score (nSPS) is 19.0. The van der Waals surface area contributed by atoms with Crippen molar-refractivity contribution in [2.24, 2.45) is 0 Å². The molecule has 0 fully saturated rings. The molecule has 124 valence electrons. The lowest BCUT2D eigenvalue weighted by atomic mass is 9.94. The molecule has 2 amide bonds. The van der Waals surface area contributed by atoms with Gasteiger partial charge in [0.2, 0.25) is 0 Å². The van der Waals surface area contributed by atoms with Crippen LogP contribution in [-0.4, -0.2) is 18.1 Å². The summed E-state index contributed by atoms with van der Waals surface area (Å²) >= 11 is 0. The highest BCUT2D eigenvalue weighted by atomic mass is 16.5. The molecule has 0 saturated heterocycles. The maximum atomic E-state index is 12.5. The van der Waals surface area contributed by atoms with E-state index in [0.717, 1.165) is 18.4 Å². The van der Waals surface area contributed by atoms with E-state index in [0.29, 0.717) is 11.3 Å². The first kappa shape index (κ1) is 17.1. The Morgan fingerprint density at radius 1 is 1.26 bits per heavy atom. The number of hydrogen-bond acceptors (Lipinski definition) is 3. The van der Waals surface area contributed by atoms with Crippen molar-refractivity contribution in [1.82, 2.24) is 10.6 Å². The Balaban J connectivity index is 2.35. The molecule has 1 aliphatic heterocycles. The number of carbonyl (C=O) groups excluding carboxylic acids is 2. The summed E-state index contributed by atoms with van der Waals surface area (Å²) in [7, 11) is 0. The summed E-state index contributed by atoms with van der Waals surface area (Å²) in [5.41, 5.74) is 3.06. The van der Waals surface area contributed by atoms with E-state index >= 15 is 0 Å². The highest BCUT2D eigenvalue weighted by molar-refractivity contribution is 5.95. The molecule has 0 bridgehead atoms. The van der Waals surface area contributed by atoms with Gasteiger partial charge in [-0.05, 0) is 37.8 Å². The fourth-order valence-corrected chi connectivity index (χ4v) is 2.49. The SMILES string of the molecule is CCc1ccc([C@H]2NC(=O)NC(C)=C2C(=O)O[C@H](C)CC)cc1. The minimum absolute atomic E-state index is 0.163. The van der Waals surface area contributed by atoms with E-state index in [2.05, 4.69) is 17.6 Å². The molecule has 0 spiro atoms. The van der Waals surface area contributed by atoms with E-state index in [1.165, 1.54) is 5.56 Å². The summed E-state index contributed by atoms with van der Waals surface area (Å²) in [6, 6.07) is 7.10. The molecule has 2 rings (SSSR count). The minimum Gasteiger partial charge on any atom is -0.459 e. The molecule has 2 N–H and O–H groups in total. The average molecular weight is 316 g/mol. The zero-order chi connectivity index (χ0) is 17.0. The summed E-state index contributed by atoms with van der Waals surface area (Å²) in [6.07, 6.45) is 1.52. The Kier molecular flexibility index (Phi) is 5.42. The van der Waals surface area contributed by atoms with Gasteiger partial charge in [-0.3, -0.25) is 0 Å². The van der Waals surface area contributed by atoms with Gasteiger partial charge in [-0.1, -0.05) is 38.1 Å². The number of rotatable bonds is 5. The van der Waals surface area contributed by atoms with Crippen LogP contribution < -0.4 is 10.6 Å². The van der Waals surface area contributed by atoms with Gasteiger partial charge in [0.05, 0.1) is 17.7 Å². The molecule has 0 radical (unpaired) electrons. The quantitative estimate of drug-likeness (QED) is 0.820. The molecule has 0 saturated carbocycles. The smallest absolute Gasteiger partial charge is 0.338 e. The molecule has 2 atom stereocenters. The van der Waals surface area contributed by atoms with E-state index in [1.54, 1.807) is 6.92 Å². The Hall–Kier alpha value is -2.30. The monoisotopic (exact) mass is 316 g/mol. The van der Waals surface area contributed by atoms with Crippen molar-refractivity contribution in [2.75, 3.05) is 0 Å². The molecule has 1 aromatic rings. The molecule has 5 nitrogen and oxygen atoms in total. The largest absolute Gasteiger partial charge is 0.459 e. The molecule has 1 aromatic carbocycles. The molecular formula is C18H24N2O3. The van der Waals surface area contributed by atoms with Crippen LogP contribution >= 0.6 is 0 Å². The summed E-state index contributed by atoms with van der Waals surface area (Å²) in [4.78, 5) is 24.3. The van der Waals surface area contributed by atoms with Gasteiger partial charge in [0.25, 0.3) is 0 Å². The van der Waals surface area contributed by atoms with Crippen LogP contribution in [0.25, 0.3) is 0 Å². The summed E-state index contributed by atoms with van der Waals surface area (Å²) in [5.74, 6) is -0.395. The number of esters is 1. The number of ether oxygens (including phenoxy) is 1. The minimum atomic E-state index is -0.494. The second kappa shape index (κ2) is 7.31. The Bertz CT molecular complexity index is 620. The predicted molar refractivity (Wildman–Crippen MR) is 88.8 cm³/mol. The highest BCUT2D eigenvalue weighted by Gasteiger charge is 2.32. The lowest BCUT2D eigenvalue weighted by Gasteiger charge is -2.29. The number of benzene rings is 1. The third-order valence-corrected chi connectivity index (χ3v) is 4.09. The highest BCUT2D eigenvalue weighted by Crippen LogP contribution is 2.28. The lowest BCUT2D eigenvalue weighted by Crippen LogP contribution is -2.45. The molecular weight excluding hydrogens is 292 g/mol. The fraction of sp³-hybridized carbons (Fsp3) is 0.444. The number of hydrogen-bond donors (Lipinski definition) is 2.